The Kier molecular flexibility index (Phi) is 5.87. The molecular weight excluding hydrogens is 314 g/mol. The van der Waals surface area contributed by atoms with Crippen LogP contribution >= 0.6 is 0 Å². The van der Waals surface area contributed by atoms with Crippen LogP contribution in [0.5, 0.6) is 5.75 Å². The molecule has 0 fully saturated rings. The average Bonchev–Trinajstić information content (AvgIpc) is 2.59. The van der Waals surface area contributed by atoms with Gasteiger partial charge in [0.05, 0.1) is 18.7 Å². The normalized spacial score (nSPS) is 11.2. The van der Waals surface area contributed by atoms with Crippen molar-refractivity contribution in [1.29, 1.82) is 0 Å². The van der Waals surface area contributed by atoms with Gasteiger partial charge in [-0.3, -0.25) is 4.79 Å². The molecule has 4 nitrogen and oxygen atoms in total. The molecule has 0 bridgehead atoms. The highest BCUT2D eigenvalue weighted by molar-refractivity contribution is 5.96. The van der Waals surface area contributed by atoms with Gasteiger partial charge in [0.15, 0.2) is 0 Å². The maximum absolute atomic E-state index is 13.2. The number of benzene rings is 2. The Balaban J connectivity index is 2.07. The zero-order chi connectivity index (χ0) is 17.6. The van der Waals surface area contributed by atoms with E-state index in [1.54, 1.807) is 18.2 Å². The molecule has 0 spiro atoms. The number of alkyl halides is 2. The van der Waals surface area contributed by atoms with Crippen molar-refractivity contribution in [2.75, 3.05) is 13.1 Å². The fourth-order valence-electron chi connectivity index (χ4n) is 2.08. The third kappa shape index (κ3) is 4.76. The number of ether oxygens (including phenoxy) is 1. The largest absolute Gasteiger partial charge is 0.488 e. The highest BCUT2D eigenvalue weighted by atomic mass is 19.3. The highest BCUT2D eigenvalue weighted by Crippen LogP contribution is 2.20. The summed E-state index contributed by atoms with van der Waals surface area (Å²) >= 11 is 0. The zero-order valence-corrected chi connectivity index (χ0v) is 13.4. The van der Waals surface area contributed by atoms with E-state index in [0.717, 1.165) is 11.1 Å². The molecule has 2 aromatic rings. The first kappa shape index (κ1) is 17.9. The van der Waals surface area contributed by atoms with E-state index < -0.39 is 24.9 Å². The Labute approximate surface area is 139 Å². The van der Waals surface area contributed by atoms with Gasteiger partial charge < -0.3 is 15.8 Å². The Morgan fingerprint density at radius 1 is 1.17 bits per heavy atom. The fraction of sp³-hybridized carbons (Fsp3) is 0.278. The van der Waals surface area contributed by atoms with Crippen molar-refractivity contribution in [3.05, 3.63) is 65.2 Å². The van der Waals surface area contributed by atoms with Crippen molar-refractivity contribution < 1.29 is 18.3 Å². The fourth-order valence-corrected chi connectivity index (χ4v) is 2.08. The van der Waals surface area contributed by atoms with E-state index in [4.69, 9.17) is 10.5 Å². The summed E-state index contributed by atoms with van der Waals surface area (Å²) in [6.45, 7) is 0.620. The molecule has 0 saturated heterocycles. The second-order valence-electron chi connectivity index (χ2n) is 5.45. The molecule has 1 amide bonds. The first-order valence-electron chi connectivity index (χ1n) is 7.55. The molecule has 0 aliphatic carbocycles. The lowest BCUT2D eigenvalue weighted by Gasteiger charge is -2.16. The lowest BCUT2D eigenvalue weighted by atomic mass is 10.1. The molecule has 0 unspecified atom stereocenters. The van der Waals surface area contributed by atoms with Gasteiger partial charge in [0.25, 0.3) is 11.8 Å². The number of carbonyl (C=O) groups excluding carboxylic acids is 1. The van der Waals surface area contributed by atoms with E-state index >= 15 is 0 Å². The number of rotatable bonds is 7. The molecule has 0 aliphatic heterocycles. The summed E-state index contributed by atoms with van der Waals surface area (Å²) in [5.41, 5.74) is 7.23. The maximum Gasteiger partial charge on any atom is 0.277 e. The number of aryl methyl sites for hydroxylation is 1. The maximum atomic E-state index is 13.2. The third-order valence-corrected chi connectivity index (χ3v) is 3.58. The molecule has 24 heavy (non-hydrogen) atoms. The number of hydrogen-bond donors (Lipinski definition) is 2. The van der Waals surface area contributed by atoms with Crippen LogP contribution in [0.3, 0.4) is 0 Å². The number of nitrogens with one attached hydrogen (secondary N) is 1. The molecule has 0 aliphatic rings. The summed E-state index contributed by atoms with van der Waals surface area (Å²) in [6.07, 6.45) is 0. The lowest BCUT2D eigenvalue weighted by Crippen LogP contribution is -2.41. The van der Waals surface area contributed by atoms with Gasteiger partial charge in [-0.2, -0.15) is 0 Å². The van der Waals surface area contributed by atoms with E-state index in [-0.39, 0.29) is 12.2 Å². The van der Waals surface area contributed by atoms with Gasteiger partial charge in [-0.15, -0.1) is 0 Å². The first-order chi connectivity index (χ1) is 11.4. The van der Waals surface area contributed by atoms with Crippen LogP contribution in [0.1, 0.15) is 21.5 Å². The molecule has 0 radical (unpaired) electrons. The second-order valence-corrected chi connectivity index (χ2v) is 5.45. The molecule has 0 atom stereocenters. The van der Waals surface area contributed by atoms with Crippen LogP contribution in [0.4, 0.5) is 8.78 Å². The molecule has 2 rings (SSSR count). The van der Waals surface area contributed by atoms with Crippen LogP contribution < -0.4 is 15.8 Å². The minimum Gasteiger partial charge on any atom is -0.488 e. The lowest BCUT2D eigenvalue weighted by molar-refractivity contribution is 0.0118. The van der Waals surface area contributed by atoms with Crippen LogP contribution in [-0.2, 0) is 6.61 Å². The average molecular weight is 334 g/mol. The van der Waals surface area contributed by atoms with Crippen LogP contribution in [-0.4, -0.2) is 24.9 Å². The smallest absolute Gasteiger partial charge is 0.277 e. The van der Waals surface area contributed by atoms with Crippen molar-refractivity contribution in [3.63, 3.8) is 0 Å². The number of hydrogen-bond acceptors (Lipinski definition) is 3. The summed E-state index contributed by atoms with van der Waals surface area (Å²) in [4.78, 5) is 12.1. The Bertz CT molecular complexity index is 705. The quantitative estimate of drug-likeness (QED) is 0.818. The van der Waals surface area contributed by atoms with Crippen LogP contribution in [0.15, 0.2) is 48.5 Å². The van der Waals surface area contributed by atoms with Gasteiger partial charge in [0.1, 0.15) is 12.4 Å². The molecular formula is C18H20F2N2O2. The summed E-state index contributed by atoms with van der Waals surface area (Å²) in [5, 5.41) is 2.19. The molecule has 2 aromatic carbocycles. The van der Waals surface area contributed by atoms with Gasteiger partial charge in [0, 0.05) is 0 Å². The summed E-state index contributed by atoms with van der Waals surface area (Å²) in [6, 6.07) is 14.3. The molecule has 0 heterocycles. The molecule has 3 N–H and O–H groups in total. The van der Waals surface area contributed by atoms with Crippen molar-refractivity contribution in [1.82, 2.24) is 5.32 Å². The minimum atomic E-state index is -3.13. The summed E-state index contributed by atoms with van der Waals surface area (Å²) in [5.74, 6) is -3.41. The topological polar surface area (TPSA) is 64.3 Å². The molecule has 128 valence electrons. The highest BCUT2D eigenvalue weighted by Gasteiger charge is 2.27. The SMILES string of the molecule is Cc1ccccc1COc1ccccc1C(=O)NCC(F)(F)CN. The summed E-state index contributed by atoms with van der Waals surface area (Å²) < 4.78 is 32.1. The predicted octanol–water partition coefficient (Wildman–Crippen LogP) is 2.90. The van der Waals surface area contributed by atoms with Crippen molar-refractivity contribution in [2.24, 2.45) is 5.73 Å². The molecule has 6 heteroatoms. The van der Waals surface area contributed by atoms with E-state index in [0.29, 0.717) is 5.75 Å². The van der Waals surface area contributed by atoms with Gasteiger partial charge in [-0.1, -0.05) is 36.4 Å². The van der Waals surface area contributed by atoms with Gasteiger partial charge in [-0.25, -0.2) is 8.78 Å². The number of carbonyl (C=O) groups is 1. The monoisotopic (exact) mass is 334 g/mol. The van der Waals surface area contributed by atoms with E-state index in [1.807, 2.05) is 31.2 Å². The number of nitrogens with two attached hydrogens (primary N) is 1. The van der Waals surface area contributed by atoms with Crippen LogP contribution in [0.2, 0.25) is 0 Å². The summed E-state index contributed by atoms with van der Waals surface area (Å²) in [7, 11) is 0. The minimum absolute atomic E-state index is 0.207. The van der Waals surface area contributed by atoms with Crippen LogP contribution in [0.25, 0.3) is 0 Å². The Morgan fingerprint density at radius 3 is 2.54 bits per heavy atom. The number of amides is 1. The Morgan fingerprint density at radius 2 is 1.83 bits per heavy atom. The van der Waals surface area contributed by atoms with Crippen molar-refractivity contribution >= 4 is 5.91 Å². The number of halogens is 2. The van der Waals surface area contributed by atoms with E-state index in [9.17, 15) is 13.6 Å². The van der Waals surface area contributed by atoms with Crippen molar-refractivity contribution in [2.45, 2.75) is 19.5 Å². The second kappa shape index (κ2) is 7.88. The third-order valence-electron chi connectivity index (χ3n) is 3.58. The van der Waals surface area contributed by atoms with Gasteiger partial charge in [0.2, 0.25) is 0 Å². The number of para-hydroxylation sites is 1. The van der Waals surface area contributed by atoms with E-state index in [1.165, 1.54) is 6.07 Å². The standard InChI is InChI=1S/C18H20F2N2O2/c1-13-6-2-3-7-14(13)10-24-16-9-5-4-8-15(16)17(23)22-12-18(19,20)11-21/h2-9H,10-12,21H2,1H3,(H,22,23). The Hall–Kier alpha value is -2.47. The van der Waals surface area contributed by atoms with Gasteiger partial charge in [-0.05, 0) is 30.2 Å². The van der Waals surface area contributed by atoms with Crippen LogP contribution in [0, 0.1) is 6.92 Å². The first-order valence-corrected chi connectivity index (χ1v) is 7.55. The predicted molar refractivity (Wildman–Crippen MR) is 88.3 cm³/mol. The zero-order valence-electron chi connectivity index (χ0n) is 13.4. The van der Waals surface area contributed by atoms with Crippen molar-refractivity contribution in [3.8, 4) is 5.75 Å². The van der Waals surface area contributed by atoms with E-state index in [2.05, 4.69) is 5.32 Å². The molecule has 0 saturated carbocycles. The molecule has 0 aromatic heterocycles. The van der Waals surface area contributed by atoms with Gasteiger partial charge >= 0.3 is 0 Å².